The molecule has 3 N–H and O–H groups in total. The highest BCUT2D eigenvalue weighted by Gasteiger charge is 2.19. The second-order valence-corrected chi connectivity index (χ2v) is 6.31. The average Bonchev–Trinajstić information content (AvgIpc) is 3.22. The van der Waals surface area contributed by atoms with Crippen LogP contribution in [0, 0.1) is 0 Å². The van der Waals surface area contributed by atoms with E-state index >= 15 is 0 Å². The first-order valence-electron chi connectivity index (χ1n) is 8.96. The molecule has 1 aliphatic rings. The number of nitrogens with two attached hydrogens (primary N) is 1. The molecule has 0 spiro atoms. The van der Waals surface area contributed by atoms with Crippen molar-refractivity contribution in [2.45, 2.75) is 6.54 Å². The number of rotatable bonds is 4. The number of nitrogens with one attached hydrogen (secondary N) is 1. The van der Waals surface area contributed by atoms with Crippen molar-refractivity contribution in [1.82, 2.24) is 24.8 Å². The first-order valence-corrected chi connectivity index (χ1v) is 8.96. The lowest BCUT2D eigenvalue weighted by molar-refractivity contribution is 0.378. The fraction of sp³-hybridized carbons (Fsp3) is 0.263. The van der Waals surface area contributed by atoms with Gasteiger partial charge in [0.1, 0.15) is 12.4 Å². The standard InChI is InChI=1S/C19H22N8.HI/c20-18(26-9-11-27(12-10-26)19-21-7-4-8-22-19)24-14-17-23-13-16(25-17)15-5-2-1-3-6-15;/h1-8,13H,9-12,14H2,(H2,20,24)(H,23,25);1H. The van der Waals surface area contributed by atoms with Crippen LogP contribution in [-0.4, -0.2) is 57.0 Å². The molecule has 1 fully saturated rings. The Balaban J connectivity index is 0.00000225. The van der Waals surface area contributed by atoms with Gasteiger partial charge in [-0.05, 0) is 11.6 Å². The van der Waals surface area contributed by atoms with Gasteiger partial charge in [-0.25, -0.2) is 19.9 Å². The van der Waals surface area contributed by atoms with Crippen molar-refractivity contribution in [3.63, 3.8) is 0 Å². The maximum atomic E-state index is 6.18. The Kier molecular flexibility index (Phi) is 6.80. The summed E-state index contributed by atoms with van der Waals surface area (Å²) in [5, 5.41) is 0. The molecule has 28 heavy (non-hydrogen) atoms. The molecule has 1 aliphatic heterocycles. The van der Waals surface area contributed by atoms with Crippen LogP contribution in [0.25, 0.3) is 11.3 Å². The summed E-state index contributed by atoms with van der Waals surface area (Å²) in [4.78, 5) is 25.0. The summed E-state index contributed by atoms with van der Waals surface area (Å²) in [6.45, 7) is 3.65. The van der Waals surface area contributed by atoms with Crippen LogP contribution in [0.15, 0.2) is 60.0 Å². The number of halogens is 1. The molecule has 146 valence electrons. The summed E-state index contributed by atoms with van der Waals surface area (Å²) < 4.78 is 0. The normalized spacial score (nSPS) is 14.6. The summed E-state index contributed by atoms with van der Waals surface area (Å²) in [5.41, 5.74) is 8.27. The number of H-pyrrole nitrogens is 1. The summed E-state index contributed by atoms with van der Waals surface area (Å²) in [7, 11) is 0. The monoisotopic (exact) mass is 490 g/mol. The van der Waals surface area contributed by atoms with Crippen molar-refractivity contribution in [1.29, 1.82) is 0 Å². The maximum Gasteiger partial charge on any atom is 0.225 e. The molecule has 0 unspecified atom stereocenters. The van der Waals surface area contributed by atoms with Gasteiger partial charge in [0.15, 0.2) is 5.96 Å². The predicted molar refractivity (Wildman–Crippen MR) is 121 cm³/mol. The SMILES string of the molecule is I.NC(=NCc1ncc(-c2ccccc2)[nH]1)N1CCN(c2ncccn2)CC1. The number of imidazole rings is 1. The van der Waals surface area contributed by atoms with Crippen molar-refractivity contribution in [3.05, 3.63) is 60.8 Å². The number of piperazine rings is 1. The molecule has 4 rings (SSSR count). The molecule has 0 atom stereocenters. The zero-order valence-corrected chi connectivity index (χ0v) is 17.7. The molecule has 3 heterocycles. The van der Waals surface area contributed by atoms with Crippen LogP contribution >= 0.6 is 24.0 Å². The van der Waals surface area contributed by atoms with E-state index in [9.17, 15) is 0 Å². The zero-order valence-electron chi connectivity index (χ0n) is 15.4. The summed E-state index contributed by atoms with van der Waals surface area (Å²) in [6, 6.07) is 11.9. The molecule has 8 nitrogen and oxygen atoms in total. The molecule has 0 bridgehead atoms. The number of hydrogen-bond acceptors (Lipinski definition) is 5. The minimum Gasteiger partial charge on any atom is -0.370 e. The molecule has 1 aromatic carbocycles. The third-order valence-corrected chi connectivity index (χ3v) is 4.54. The lowest BCUT2D eigenvalue weighted by atomic mass is 10.2. The smallest absolute Gasteiger partial charge is 0.225 e. The van der Waals surface area contributed by atoms with Crippen LogP contribution in [0.2, 0.25) is 0 Å². The number of benzene rings is 1. The fourth-order valence-corrected chi connectivity index (χ4v) is 3.05. The van der Waals surface area contributed by atoms with Gasteiger partial charge in [-0.15, -0.1) is 24.0 Å². The lowest BCUT2D eigenvalue weighted by Crippen LogP contribution is -2.51. The third-order valence-electron chi connectivity index (χ3n) is 4.54. The third kappa shape index (κ3) is 4.77. The molecule has 9 heteroatoms. The largest absolute Gasteiger partial charge is 0.370 e. The van der Waals surface area contributed by atoms with E-state index in [0.717, 1.165) is 49.2 Å². The van der Waals surface area contributed by atoms with Crippen molar-refractivity contribution >= 4 is 35.9 Å². The van der Waals surface area contributed by atoms with E-state index < -0.39 is 0 Å². The minimum absolute atomic E-state index is 0. The van der Waals surface area contributed by atoms with E-state index in [1.54, 1.807) is 12.4 Å². The Bertz CT molecular complexity index is 889. The fourth-order valence-electron chi connectivity index (χ4n) is 3.05. The number of hydrogen-bond donors (Lipinski definition) is 2. The van der Waals surface area contributed by atoms with Crippen molar-refractivity contribution in [3.8, 4) is 11.3 Å². The minimum atomic E-state index is 0. The molecule has 3 aromatic rings. The van der Waals surface area contributed by atoms with E-state index in [0.29, 0.717) is 12.5 Å². The summed E-state index contributed by atoms with van der Waals surface area (Å²) >= 11 is 0. The van der Waals surface area contributed by atoms with Gasteiger partial charge < -0.3 is 20.5 Å². The number of aromatic nitrogens is 4. The van der Waals surface area contributed by atoms with Crippen LogP contribution in [0.5, 0.6) is 0 Å². The highest BCUT2D eigenvalue weighted by Crippen LogP contribution is 2.16. The lowest BCUT2D eigenvalue weighted by Gasteiger charge is -2.35. The van der Waals surface area contributed by atoms with Crippen LogP contribution in [-0.2, 0) is 6.54 Å². The summed E-state index contributed by atoms with van der Waals surface area (Å²) in [6.07, 6.45) is 5.35. The van der Waals surface area contributed by atoms with Gasteiger partial charge in [0.05, 0.1) is 11.9 Å². The Morgan fingerprint density at radius 1 is 1.00 bits per heavy atom. The van der Waals surface area contributed by atoms with E-state index in [1.807, 2.05) is 42.6 Å². The van der Waals surface area contributed by atoms with Crippen molar-refractivity contribution < 1.29 is 0 Å². The van der Waals surface area contributed by atoms with Crippen LogP contribution < -0.4 is 10.6 Å². The van der Waals surface area contributed by atoms with Gasteiger partial charge in [-0.1, -0.05) is 30.3 Å². The van der Waals surface area contributed by atoms with Gasteiger partial charge in [0.25, 0.3) is 0 Å². The van der Waals surface area contributed by atoms with Gasteiger partial charge in [-0.2, -0.15) is 0 Å². The number of aromatic amines is 1. The second kappa shape index (κ2) is 9.49. The molecule has 2 aromatic heterocycles. The highest BCUT2D eigenvalue weighted by molar-refractivity contribution is 14.0. The molecule has 0 amide bonds. The molecule has 0 aliphatic carbocycles. The predicted octanol–water partition coefficient (Wildman–Crippen LogP) is 2.12. The number of nitrogens with zero attached hydrogens (tertiary/aromatic N) is 6. The maximum absolute atomic E-state index is 6.18. The van der Waals surface area contributed by atoms with Crippen molar-refractivity contribution in [2.75, 3.05) is 31.1 Å². The van der Waals surface area contributed by atoms with Crippen molar-refractivity contribution in [2.24, 2.45) is 10.7 Å². The van der Waals surface area contributed by atoms with Gasteiger partial charge in [0.2, 0.25) is 5.95 Å². The molecule has 1 saturated heterocycles. The Morgan fingerprint density at radius 2 is 1.71 bits per heavy atom. The number of aliphatic imine (C=N–C) groups is 1. The van der Waals surface area contributed by atoms with Crippen LogP contribution in [0.4, 0.5) is 5.95 Å². The zero-order chi connectivity index (χ0) is 18.5. The molecule has 0 radical (unpaired) electrons. The Hall–Kier alpha value is -2.69. The Labute approximate surface area is 180 Å². The van der Waals surface area contributed by atoms with E-state index in [4.69, 9.17) is 5.73 Å². The van der Waals surface area contributed by atoms with Crippen LogP contribution in [0.1, 0.15) is 5.82 Å². The Morgan fingerprint density at radius 3 is 2.43 bits per heavy atom. The molecular weight excluding hydrogens is 467 g/mol. The highest BCUT2D eigenvalue weighted by atomic mass is 127. The number of anilines is 1. The van der Waals surface area contributed by atoms with E-state index in [-0.39, 0.29) is 24.0 Å². The van der Waals surface area contributed by atoms with Gasteiger partial charge in [-0.3, -0.25) is 0 Å². The summed E-state index contributed by atoms with van der Waals surface area (Å²) in [5.74, 6) is 2.10. The second-order valence-electron chi connectivity index (χ2n) is 6.31. The quantitative estimate of drug-likeness (QED) is 0.330. The van der Waals surface area contributed by atoms with Crippen LogP contribution in [0.3, 0.4) is 0 Å². The first kappa shape index (κ1) is 20.1. The first-order chi connectivity index (χ1) is 13.3. The molecule has 0 saturated carbocycles. The number of guanidine groups is 1. The van der Waals surface area contributed by atoms with Gasteiger partial charge in [0, 0.05) is 38.6 Å². The average molecular weight is 490 g/mol. The van der Waals surface area contributed by atoms with Gasteiger partial charge >= 0.3 is 0 Å². The topological polar surface area (TPSA) is 99.3 Å². The van der Waals surface area contributed by atoms with E-state index in [1.165, 1.54) is 0 Å². The molecular formula is C19H23IN8. The van der Waals surface area contributed by atoms with E-state index in [2.05, 4.69) is 34.7 Å².